The van der Waals surface area contributed by atoms with Gasteiger partial charge in [0.25, 0.3) is 5.91 Å². The maximum atomic E-state index is 12.5. The van der Waals surface area contributed by atoms with Crippen LogP contribution in [0.4, 0.5) is 5.69 Å². The van der Waals surface area contributed by atoms with E-state index >= 15 is 0 Å². The Morgan fingerprint density at radius 2 is 1.66 bits per heavy atom. The number of carboxylic acid groups (broad SMARTS) is 2. The summed E-state index contributed by atoms with van der Waals surface area (Å²) in [7, 11) is 0. The molecule has 0 aliphatic rings. The van der Waals surface area contributed by atoms with E-state index in [9.17, 15) is 24.3 Å². The predicted octanol–water partition coefficient (Wildman–Crippen LogP) is 1.75. The van der Waals surface area contributed by atoms with Crippen LogP contribution in [0.25, 0.3) is 0 Å². The number of carboxylic acids is 2. The van der Waals surface area contributed by atoms with Crippen molar-refractivity contribution in [2.45, 2.75) is 26.3 Å². The number of aliphatic carboxylic acids is 2. The zero-order valence-corrected chi connectivity index (χ0v) is 18.2. The molecule has 0 saturated heterocycles. The van der Waals surface area contributed by atoms with Gasteiger partial charge in [-0.2, -0.15) is 0 Å². The second kappa shape index (κ2) is 10.5. The summed E-state index contributed by atoms with van der Waals surface area (Å²) in [6.45, 7) is 2.81. The molecule has 3 atom stereocenters. The molecule has 32 heavy (non-hydrogen) atoms. The van der Waals surface area contributed by atoms with Crippen LogP contribution in [0.3, 0.4) is 0 Å². The number of rotatable bonds is 10. The molecule has 0 saturated carbocycles. The number of carbonyl (C=O) groups excluding carboxylic acids is 2. The predicted molar refractivity (Wildman–Crippen MR) is 119 cm³/mol. The van der Waals surface area contributed by atoms with Crippen LogP contribution in [0.5, 0.6) is 0 Å². The van der Waals surface area contributed by atoms with Crippen molar-refractivity contribution in [3.8, 4) is 0 Å². The fourth-order valence-corrected chi connectivity index (χ4v) is 3.80. The van der Waals surface area contributed by atoms with Crippen molar-refractivity contribution in [1.82, 2.24) is 5.32 Å². The van der Waals surface area contributed by atoms with Gasteiger partial charge in [-0.15, -0.1) is 11.3 Å². The number of amidine groups is 1. The molecule has 0 aliphatic heterocycles. The van der Waals surface area contributed by atoms with Crippen LogP contribution in [-0.2, 0) is 20.8 Å². The Hall–Kier alpha value is -3.73. The van der Waals surface area contributed by atoms with Crippen LogP contribution in [-0.4, -0.2) is 45.8 Å². The average Bonchev–Trinajstić information content (AvgIpc) is 3.20. The minimum Gasteiger partial charge on any atom is -0.481 e. The lowest BCUT2D eigenvalue weighted by Gasteiger charge is -2.20. The lowest BCUT2D eigenvalue weighted by atomic mass is 10.00. The van der Waals surface area contributed by atoms with Gasteiger partial charge in [0.05, 0.1) is 10.8 Å². The van der Waals surface area contributed by atoms with Crippen molar-refractivity contribution in [2.75, 3.05) is 5.32 Å². The minimum atomic E-state index is -1.54. The monoisotopic (exact) mass is 460 g/mol. The summed E-state index contributed by atoms with van der Waals surface area (Å²) in [6.07, 6.45) is 0.255. The summed E-state index contributed by atoms with van der Waals surface area (Å²) in [4.78, 5) is 48.4. The number of carbonyl (C=O) groups is 4. The summed E-state index contributed by atoms with van der Waals surface area (Å²) in [5.41, 5.74) is 6.48. The Kier molecular flexibility index (Phi) is 8.08. The van der Waals surface area contributed by atoms with E-state index in [1.54, 1.807) is 43.3 Å². The van der Waals surface area contributed by atoms with Crippen molar-refractivity contribution in [3.63, 3.8) is 0 Å². The van der Waals surface area contributed by atoms with E-state index in [-0.39, 0.29) is 18.2 Å². The molecule has 0 fully saturated rings. The Morgan fingerprint density at radius 3 is 2.19 bits per heavy atom. The third-order valence-corrected chi connectivity index (χ3v) is 5.85. The second-order valence-corrected chi connectivity index (χ2v) is 8.44. The molecule has 2 aromatic rings. The zero-order valence-electron chi connectivity index (χ0n) is 17.4. The first-order valence-electron chi connectivity index (χ1n) is 9.60. The maximum Gasteiger partial charge on any atom is 0.327 e. The number of benzene rings is 1. The molecule has 170 valence electrons. The molecule has 2 amide bonds. The number of amides is 2. The van der Waals surface area contributed by atoms with E-state index in [0.717, 1.165) is 4.88 Å². The normalized spacial score (nSPS) is 13.4. The van der Waals surface area contributed by atoms with E-state index in [1.165, 1.54) is 18.3 Å². The molecule has 1 aromatic carbocycles. The Bertz CT molecular complexity index is 1030. The van der Waals surface area contributed by atoms with E-state index in [1.807, 2.05) is 0 Å². The summed E-state index contributed by atoms with van der Waals surface area (Å²) in [6, 6.07) is 8.29. The molecule has 10 nitrogen and oxygen atoms in total. The second-order valence-electron chi connectivity index (χ2n) is 7.27. The van der Waals surface area contributed by atoms with E-state index in [2.05, 4.69) is 10.6 Å². The van der Waals surface area contributed by atoms with Gasteiger partial charge in [-0.05, 0) is 49.7 Å². The fraction of sp³-hybridized carbons (Fsp3) is 0.286. The van der Waals surface area contributed by atoms with Gasteiger partial charge in [0.1, 0.15) is 11.9 Å². The largest absolute Gasteiger partial charge is 0.481 e. The topological polar surface area (TPSA) is 183 Å². The molecular weight excluding hydrogens is 436 g/mol. The molecule has 0 spiro atoms. The lowest BCUT2D eigenvalue weighted by molar-refractivity contribution is -0.151. The molecule has 0 aliphatic carbocycles. The van der Waals surface area contributed by atoms with E-state index in [4.69, 9.17) is 16.2 Å². The highest BCUT2D eigenvalue weighted by molar-refractivity contribution is 7.14. The smallest absolute Gasteiger partial charge is 0.327 e. The first-order valence-corrected chi connectivity index (χ1v) is 10.4. The summed E-state index contributed by atoms with van der Waals surface area (Å²) in [5, 5.41) is 30.6. The molecule has 3 unspecified atom stereocenters. The number of hydrogen-bond donors (Lipinski definition) is 6. The van der Waals surface area contributed by atoms with E-state index < -0.39 is 35.7 Å². The van der Waals surface area contributed by atoms with Crippen LogP contribution in [0, 0.1) is 17.2 Å². The Labute approximate surface area is 188 Å². The number of hydrogen-bond acceptors (Lipinski definition) is 6. The number of nitrogen functional groups attached to an aromatic ring is 1. The van der Waals surface area contributed by atoms with Crippen molar-refractivity contribution >= 4 is 46.6 Å². The Morgan fingerprint density at radius 1 is 1.03 bits per heavy atom. The standard InChI is InChI=1S/C21H24N4O6S/c1-10(18(26)25-16(21(30)31)11(2)20(28)29)9-14-7-8-15(32-14)19(27)24-13-5-3-12(4-6-13)17(22)23/h3-8,10-11,16H,9H2,1-2H3,(H3,22,23)(H,24,27)(H,25,26)(H,28,29)(H,30,31). The van der Waals surface area contributed by atoms with Gasteiger partial charge < -0.3 is 26.6 Å². The third-order valence-electron chi connectivity index (χ3n) is 4.75. The summed E-state index contributed by atoms with van der Waals surface area (Å²) >= 11 is 1.19. The highest BCUT2D eigenvalue weighted by atomic mass is 32.1. The van der Waals surface area contributed by atoms with Crippen LogP contribution >= 0.6 is 11.3 Å². The van der Waals surface area contributed by atoms with Crippen molar-refractivity contribution < 1.29 is 29.4 Å². The molecule has 2 rings (SSSR count). The Balaban J connectivity index is 1.98. The molecule has 7 N–H and O–H groups in total. The number of thiophene rings is 1. The highest BCUT2D eigenvalue weighted by Crippen LogP contribution is 2.22. The van der Waals surface area contributed by atoms with Crippen LogP contribution < -0.4 is 16.4 Å². The summed E-state index contributed by atoms with van der Waals surface area (Å²) < 4.78 is 0. The third kappa shape index (κ3) is 6.38. The van der Waals surface area contributed by atoms with Crippen molar-refractivity contribution in [1.29, 1.82) is 5.41 Å². The summed E-state index contributed by atoms with van der Waals surface area (Å²) in [5.74, 6) is -5.67. The average molecular weight is 461 g/mol. The van der Waals surface area contributed by atoms with Gasteiger partial charge in [0.2, 0.25) is 5.91 Å². The van der Waals surface area contributed by atoms with Gasteiger partial charge in [0.15, 0.2) is 0 Å². The minimum absolute atomic E-state index is 0.0731. The molecule has 11 heteroatoms. The zero-order chi connectivity index (χ0) is 24.0. The molecule has 1 aromatic heterocycles. The quantitative estimate of drug-likeness (QED) is 0.230. The SMILES string of the molecule is CC(Cc1ccc(C(=O)Nc2ccc(C(=N)N)cc2)s1)C(=O)NC(C(=O)O)C(C)C(=O)O. The van der Waals surface area contributed by atoms with Gasteiger partial charge in [-0.1, -0.05) is 6.92 Å². The number of nitrogens with one attached hydrogen (secondary N) is 3. The fourth-order valence-electron chi connectivity index (χ4n) is 2.77. The van der Waals surface area contributed by atoms with Gasteiger partial charge in [-0.3, -0.25) is 19.8 Å². The lowest BCUT2D eigenvalue weighted by Crippen LogP contribution is -2.49. The van der Waals surface area contributed by atoms with Gasteiger partial charge >= 0.3 is 11.9 Å². The first kappa shape index (κ1) is 24.5. The van der Waals surface area contributed by atoms with Gasteiger partial charge in [-0.25, -0.2) is 4.79 Å². The van der Waals surface area contributed by atoms with Gasteiger partial charge in [0, 0.05) is 22.0 Å². The maximum absolute atomic E-state index is 12.5. The van der Waals surface area contributed by atoms with Crippen LogP contribution in [0.2, 0.25) is 0 Å². The highest BCUT2D eigenvalue weighted by Gasteiger charge is 2.32. The van der Waals surface area contributed by atoms with Crippen molar-refractivity contribution in [3.05, 3.63) is 51.7 Å². The molecule has 0 radical (unpaired) electrons. The van der Waals surface area contributed by atoms with Crippen molar-refractivity contribution in [2.24, 2.45) is 17.6 Å². The molecular formula is C21H24N4O6S. The van der Waals surface area contributed by atoms with Crippen LogP contribution in [0.1, 0.15) is 34.0 Å². The first-order chi connectivity index (χ1) is 15.0. The molecule has 0 bridgehead atoms. The number of anilines is 1. The van der Waals surface area contributed by atoms with Crippen LogP contribution in [0.15, 0.2) is 36.4 Å². The van der Waals surface area contributed by atoms with E-state index in [0.29, 0.717) is 16.1 Å². The number of nitrogens with two attached hydrogens (primary N) is 1. The molecule has 1 heterocycles.